The van der Waals surface area contributed by atoms with Crippen LogP contribution < -0.4 is 5.73 Å². The molecule has 1 atom stereocenters. The zero-order valence-corrected chi connectivity index (χ0v) is 7.11. The van der Waals surface area contributed by atoms with Crippen LogP contribution in [0.3, 0.4) is 0 Å². The molecule has 2 heteroatoms. The molecule has 1 aliphatic carbocycles. The molecule has 0 saturated heterocycles. The zero-order valence-electron chi connectivity index (χ0n) is 7.11. The van der Waals surface area contributed by atoms with Crippen LogP contribution in [0.4, 0.5) is 0 Å². The molecule has 0 spiro atoms. The van der Waals surface area contributed by atoms with Crippen molar-refractivity contribution in [2.45, 2.75) is 25.3 Å². The second kappa shape index (κ2) is 3.23. The summed E-state index contributed by atoms with van der Waals surface area (Å²) in [7, 11) is 0. The average Bonchev–Trinajstić information content (AvgIpc) is 2.90. The van der Waals surface area contributed by atoms with E-state index < -0.39 is 0 Å². The van der Waals surface area contributed by atoms with Crippen LogP contribution in [0.15, 0.2) is 24.5 Å². The minimum atomic E-state index is 0.200. The molecule has 1 fully saturated rings. The fourth-order valence-electron chi connectivity index (χ4n) is 1.44. The summed E-state index contributed by atoms with van der Waals surface area (Å²) in [5.74, 6) is 0.889. The van der Waals surface area contributed by atoms with Crippen LogP contribution in [-0.2, 0) is 0 Å². The summed E-state index contributed by atoms with van der Waals surface area (Å²) in [5, 5.41) is 0. The molecule has 0 bridgehead atoms. The van der Waals surface area contributed by atoms with E-state index in [4.69, 9.17) is 5.73 Å². The van der Waals surface area contributed by atoms with Crippen molar-refractivity contribution >= 4 is 0 Å². The summed E-state index contributed by atoms with van der Waals surface area (Å²) >= 11 is 0. The van der Waals surface area contributed by atoms with Crippen molar-refractivity contribution in [1.82, 2.24) is 4.98 Å². The average molecular weight is 162 g/mol. The van der Waals surface area contributed by atoms with Gasteiger partial charge in [0.2, 0.25) is 0 Å². The van der Waals surface area contributed by atoms with E-state index in [1.807, 2.05) is 12.3 Å². The van der Waals surface area contributed by atoms with Crippen LogP contribution in [0.25, 0.3) is 0 Å². The van der Waals surface area contributed by atoms with Crippen LogP contribution in [0.5, 0.6) is 0 Å². The molecule has 1 saturated carbocycles. The van der Waals surface area contributed by atoms with E-state index in [1.165, 1.54) is 18.4 Å². The Hall–Kier alpha value is -0.890. The van der Waals surface area contributed by atoms with E-state index in [2.05, 4.69) is 11.1 Å². The molecule has 0 aromatic carbocycles. The summed E-state index contributed by atoms with van der Waals surface area (Å²) in [5.41, 5.74) is 7.17. The van der Waals surface area contributed by atoms with Gasteiger partial charge in [-0.25, -0.2) is 0 Å². The van der Waals surface area contributed by atoms with E-state index in [9.17, 15) is 0 Å². The van der Waals surface area contributed by atoms with Gasteiger partial charge in [0.25, 0.3) is 0 Å². The third-order valence-electron chi connectivity index (χ3n) is 2.40. The molecule has 1 unspecified atom stereocenters. The van der Waals surface area contributed by atoms with Gasteiger partial charge < -0.3 is 5.73 Å². The molecule has 1 heterocycles. The monoisotopic (exact) mass is 162 g/mol. The van der Waals surface area contributed by atoms with Crippen LogP contribution in [0, 0.1) is 5.92 Å². The lowest BCUT2D eigenvalue weighted by atomic mass is 10.0. The third kappa shape index (κ3) is 1.83. The lowest BCUT2D eigenvalue weighted by Gasteiger charge is -2.09. The molecule has 0 aliphatic heterocycles. The van der Waals surface area contributed by atoms with E-state index in [1.54, 1.807) is 6.20 Å². The predicted octanol–water partition coefficient (Wildman–Crippen LogP) is 1.88. The topological polar surface area (TPSA) is 38.9 Å². The minimum Gasteiger partial charge on any atom is -0.324 e. The van der Waals surface area contributed by atoms with Gasteiger partial charge in [-0.3, -0.25) is 4.98 Å². The summed E-state index contributed by atoms with van der Waals surface area (Å²) in [6, 6.07) is 4.20. The standard InChI is InChI=1S/C10H14N2/c11-10(6-8-3-4-8)9-2-1-5-12-7-9/h1-2,5,7-8,10H,3-4,6,11H2. The first-order valence-electron chi connectivity index (χ1n) is 4.52. The van der Waals surface area contributed by atoms with Crippen molar-refractivity contribution in [1.29, 1.82) is 0 Å². The molecule has 12 heavy (non-hydrogen) atoms. The number of nitrogens with zero attached hydrogens (tertiary/aromatic N) is 1. The first-order chi connectivity index (χ1) is 5.86. The first-order valence-corrected chi connectivity index (χ1v) is 4.52. The quantitative estimate of drug-likeness (QED) is 0.737. The smallest absolute Gasteiger partial charge is 0.0315 e. The number of hydrogen-bond acceptors (Lipinski definition) is 2. The molecule has 1 aromatic rings. The summed E-state index contributed by atoms with van der Waals surface area (Å²) < 4.78 is 0. The van der Waals surface area contributed by atoms with Gasteiger partial charge in [0.1, 0.15) is 0 Å². The van der Waals surface area contributed by atoms with Crippen molar-refractivity contribution in [2.24, 2.45) is 11.7 Å². The van der Waals surface area contributed by atoms with E-state index >= 15 is 0 Å². The van der Waals surface area contributed by atoms with Crippen LogP contribution in [0.2, 0.25) is 0 Å². The van der Waals surface area contributed by atoms with Crippen molar-refractivity contribution in [3.63, 3.8) is 0 Å². The lowest BCUT2D eigenvalue weighted by Crippen LogP contribution is -2.10. The Labute approximate surface area is 72.8 Å². The van der Waals surface area contributed by atoms with Crippen LogP contribution >= 0.6 is 0 Å². The second-order valence-corrected chi connectivity index (χ2v) is 3.57. The Morgan fingerprint density at radius 2 is 2.42 bits per heavy atom. The van der Waals surface area contributed by atoms with Crippen LogP contribution in [0.1, 0.15) is 30.9 Å². The highest BCUT2D eigenvalue weighted by Crippen LogP contribution is 2.36. The van der Waals surface area contributed by atoms with Gasteiger partial charge in [0.15, 0.2) is 0 Å². The molecular weight excluding hydrogens is 148 g/mol. The number of pyridine rings is 1. The Bertz CT molecular complexity index is 241. The Morgan fingerprint density at radius 1 is 1.58 bits per heavy atom. The van der Waals surface area contributed by atoms with Gasteiger partial charge >= 0.3 is 0 Å². The molecule has 1 aliphatic rings. The Morgan fingerprint density at radius 3 is 3.00 bits per heavy atom. The minimum absolute atomic E-state index is 0.200. The molecular formula is C10H14N2. The number of rotatable bonds is 3. The number of hydrogen-bond donors (Lipinski definition) is 1. The van der Waals surface area contributed by atoms with Crippen molar-refractivity contribution in [3.8, 4) is 0 Å². The highest BCUT2D eigenvalue weighted by atomic mass is 14.7. The zero-order chi connectivity index (χ0) is 8.39. The Balaban J connectivity index is 1.98. The summed E-state index contributed by atoms with van der Waals surface area (Å²) in [6.45, 7) is 0. The summed E-state index contributed by atoms with van der Waals surface area (Å²) in [4.78, 5) is 4.05. The number of aromatic nitrogens is 1. The SMILES string of the molecule is NC(CC1CC1)c1cccnc1. The molecule has 2 rings (SSSR count). The van der Waals surface area contributed by atoms with Crippen molar-refractivity contribution in [3.05, 3.63) is 30.1 Å². The molecule has 0 amide bonds. The van der Waals surface area contributed by atoms with E-state index in [0.29, 0.717) is 0 Å². The normalized spacial score (nSPS) is 19.1. The maximum atomic E-state index is 6.00. The maximum Gasteiger partial charge on any atom is 0.0315 e. The molecule has 2 N–H and O–H groups in total. The second-order valence-electron chi connectivity index (χ2n) is 3.57. The van der Waals surface area contributed by atoms with Crippen LogP contribution in [-0.4, -0.2) is 4.98 Å². The molecule has 2 nitrogen and oxygen atoms in total. The van der Waals surface area contributed by atoms with Gasteiger partial charge in [0, 0.05) is 18.4 Å². The largest absolute Gasteiger partial charge is 0.324 e. The predicted molar refractivity (Wildman–Crippen MR) is 48.5 cm³/mol. The van der Waals surface area contributed by atoms with Crippen molar-refractivity contribution < 1.29 is 0 Å². The maximum absolute atomic E-state index is 6.00. The summed E-state index contributed by atoms with van der Waals surface area (Å²) in [6.07, 6.45) is 7.52. The number of nitrogens with two attached hydrogens (primary N) is 1. The third-order valence-corrected chi connectivity index (χ3v) is 2.40. The van der Waals surface area contributed by atoms with Gasteiger partial charge in [-0.15, -0.1) is 0 Å². The Kier molecular flexibility index (Phi) is 2.09. The van der Waals surface area contributed by atoms with E-state index in [-0.39, 0.29) is 6.04 Å². The highest BCUT2D eigenvalue weighted by molar-refractivity contribution is 5.13. The lowest BCUT2D eigenvalue weighted by molar-refractivity contribution is 0.595. The van der Waals surface area contributed by atoms with Crippen molar-refractivity contribution in [2.75, 3.05) is 0 Å². The van der Waals surface area contributed by atoms with Gasteiger partial charge in [-0.1, -0.05) is 18.9 Å². The van der Waals surface area contributed by atoms with Gasteiger partial charge in [0.05, 0.1) is 0 Å². The fraction of sp³-hybridized carbons (Fsp3) is 0.500. The molecule has 64 valence electrons. The highest BCUT2D eigenvalue weighted by Gasteiger charge is 2.24. The molecule has 1 aromatic heterocycles. The van der Waals surface area contributed by atoms with E-state index in [0.717, 1.165) is 12.3 Å². The van der Waals surface area contributed by atoms with Gasteiger partial charge in [-0.05, 0) is 24.0 Å². The molecule has 0 radical (unpaired) electrons. The van der Waals surface area contributed by atoms with Gasteiger partial charge in [-0.2, -0.15) is 0 Å². The fourth-order valence-corrected chi connectivity index (χ4v) is 1.44. The first kappa shape index (κ1) is 7.74.